The van der Waals surface area contributed by atoms with Crippen molar-refractivity contribution in [2.45, 2.75) is 6.18 Å². The molecule has 1 fully saturated rings. The number of anilines is 1. The molecular formula is C23H18ClF3N4O4S. The molecule has 36 heavy (non-hydrogen) atoms. The van der Waals surface area contributed by atoms with Crippen LogP contribution in [-0.4, -0.2) is 47.0 Å². The number of hydrogen-bond acceptors (Lipinski definition) is 6. The molecule has 0 aliphatic carbocycles. The maximum atomic E-state index is 13.0. The number of amides is 1. The molecule has 4 rings (SSSR count). The minimum atomic E-state index is -4.68. The van der Waals surface area contributed by atoms with E-state index in [1.807, 2.05) is 0 Å². The number of piperazine rings is 1. The second-order valence-electron chi connectivity index (χ2n) is 7.86. The molecule has 2 heterocycles. The van der Waals surface area contributed by atoms with Crippen LogP contribution in [0.1, 0.15) is 16.1 Å². The predicted octanol–water partition coefficient (Wildman–Crippen LogP) is 5.36. The number of alkyl halides is 3. The number of hydrogen-bond donors (Lipinski definition) is 1. The summed E-state index contributed by atoms with van der Waals surface area (Å²) in [5.41, 5.74) is -0.872. The first kappa shape index (κ1) is 25.5. The number of carbonyl (C=O) groups excluding carboxylic acids is 1. The zero-order valence-electron chi connectivity index (χ0n) is 18.4. The molecule has 0 bridgehead atoms. The van der Waals surface area contributed by atoms with Gasteiger partial charge in [0.1, 0.15) is 11.4 Å². The van der Waals surface area contributed by atoms with Crippen molar-refractivity contribution in [1.82, 2.24) is 10.2 Å². The number of carbonyl (C=O) groups is 1. The van der Waals surface area contributed by atoms with E-state index in [4.69, 9.17) is 28.2 Å². The number of benzene rings is 2. The van der Waals surface area contributed by atoms with Gasteiger partial charge in [-0.3, -0.25) is 20.2 Å². The third-order valence-corrected chi connectivity index (χ3v) is 6.20. The number of nitrogens with one attached hydrogen (secondary N) is 1. The Hall–Kier alpha value is -3.64. The van der Waals surface area contributed by atoms with Crippen LogP contribution in [0.5, 0.6) is 0 Å². The number of thiocarbonyl (C=S) groups is 1. The maximum Gasteiger partial charge on any atom is 0.416 e. The molecule has 1 aromatic heterocycles. The van der Waals surface area contributed by atoms with Crippen molar-refractivity contribution in [3.8, 4) is 11.3 Å². The zero-order chi connectivity index (χ0) is 26.0. The molecule has 2 aromatic carbocycles. The number of nitro benzene ring substituents is 1. The summed E-state index contributed by atoms with van der Waals surface area (Å²) in [5.74, 6) is -0.00294. The van der Waals surface area contributed by atoms with Gasteiger partial charge >= 0.3 is 6.18 Å². The highest BCUT2D eigenvalue weighted by Crippen LogP contribution is 2.36. The predicted molar refractivity (Wildman–Crippen MR) is 131 cm³/mol. The second kappa shape index (κ2) is 10.2. The summed E-state index contributed by atoms with van der Waals surface area (Å²) in [5, 5.41) is 14.7. The summed E-state index contributed by atoms with van der Waals surface area (Å²) in [7, 11) is 0. The molecule has 0 spiro atoms. The molecular weight excluding hydrogens is 521 g/mol. The zero-order valence-corrected chi connectivity index (χ0v) is 20.0. The normalized spacial score (nSPS) is 14.0. The average molecular weight is 539 g/mol. The Morgan fingerprint density at radius 2 is 1.72 bits per heavy atom. The third kappa shape index (κ3) is 5.60. The quantitative estimate of drug-likeness (QED) is 0.271. The van der Waals surface area contributed by atoms with Gasteiger partial charge in [0.25, 0.3) is 11.6 Å². The molecule has 1 saturated heterocycles. The Balaban J connectivity index is 1.37. The van der Waals surface area contributed by atoms with E-state index in [1.165, 1.54) is 6.07 Å². The highest BCUT2D eigenvalue weighted by atomic mass is 35.5. The summed E-state index contributed by atoms with van der Waals surface area (Å²) in [4.78, 5) is 26.5. The van der Waals surface area contributed by atoms with Crippen LogP contribution in [0.15, 0.2) is 59.0 Å². The molecule has 1 aliphatic heterocycles. The lowest BCUT2D eigenvalue weighted by molar-refractivity contribution is -0.384. The molecule has 1 amide bonds. The van der Waals surface area contributed by atoms with Gasteiger partial charge in [-0.15, -0.1) is 0 Å². The first-order chi connectivity index (χ1) is 17.0. The smallest absolute Gasteiger partial charge is 0.416 e. The minimum absolute atomic E-state index is 0.0568. The maximum absolute atomic E-state index is 13.0. The van der Waals surface area contributed by atoms with Gasteiger partial charge in [0.15, 0.2) is 10.9 Å². The lowest BCUT2D eigenvalue weighted by Crippen LogP contribution is -2.52. The van der Waals surface area contributed by atoms with Gasteiger partial charge in [0, 0.05) is 42.8 Å². The Labute approximate surface area is 213 Å². The number of furan rings is 1. The van der Waals surface area contributed by atoms with E-state index in [0.29, 0.717) is 29.9 Å². The summed E-state index contributed by atoms with van der Waals surface area (Å²) in [6, 6.07) is 12.5. The van der Waals surface area contributed by atoms with Gasteiger partial charge in [-0.05, 0) is 60.7 Å². The van der Waals surface area contributed by atoms with Crippen LogP contribution in [0.2, 0.25) is 5.02 Å². The lowest BCUT2D eigenvalue weighted by atomic mass is 10.1. The van der Waals surface area contributed by atoms with E-state index in [1.54, 1.807) is 40.1 Å². The van der Waals surface area contributed by atoms with Gasteiger partial charge in [-0.25, -0.2) is 0 Å². The highest BCUT2D eigenvalue weighted by Gasteiger charge is 2.34. The number of nitrogens with zero attached hydrogens (tertiary/aromatic N) is 3. The van der Waals surface area contributed by atoms with Gasteiger partial charge in [-0.1, -0.05) is 11.6 Å². The lowest BCUT2D eigenvalue weighted by Gasteiger charge is -2.37. The van der Waals surface area contributed by atoms with Crippen LogP contribution in [0.3, 0.4) is 0 Å². The first-order valence-electron chi connectivity index (χ1n) is 10.6. The van der Waals surface area contributed by atoms with Gasteiger partial charge < -0.3 is 14.2 Å². The molecule has 0 unspecified atom stereocenters. The second-order valence-corrected chi connectivity index (χ2v) is 8.69. The van der Waals surface area contributed by atoms with Gasteiger partial charge in [-0.2, -0.15) is 13.2 Å². The van der Waals surface area contributed by atoms with Crippen molar-refractivity contribution in [3.05, 3.63) is 81.1 Å². The summed E-state index contributed by atoms with van der Waals surface area (Å²) in [6.45, 7) is 1.10. The van der Waals surface area contributed by atoms with Gasteiger partial charge in [0.2, 0.25) is 0 Å². The molecule has 1 N–H and O–H groups in total. The van der Waals surface area contributed by atoms with Crippen LogP contribution >= 0.6 is 23.8 Å². The summed E-state index contributed by atoms with van der Waals surface area (Å²) < 4.78 is 44.5. The fraction of sp³-hybridized carbons (Fsp3) is 0.217. The fourth-order valence-electron chi connectivity index (χ4n) is 3.73. The Kier molecular flexibility index (Phi) is 7.18. The summed E-state index contributed by atoms with van der Waals surface area (Å²) >= 11 is 11.2. The van der Waals surface area contributed by atoms with Gasteiger partial charge in [0.05, 0.1) is 10.5 Å². The van der Waals surface area contributed by atoms with Crippen molar-refractivity contribution < 1.29 is 27.3 Å². The summed E-state index contributed by atoms with van der Waals surface area (Å²) in [6.07, 6.45) is -4.68. The Morgan fingerprint density at radius 3 is 2.33 bits per heavy atom. The van der Waals surface area contributed by atoms with Crippen molar-refractivity contribution in [2.75, 3.05) is 31.1 Å². The average Bonchev–Trinajstić information content (AvgIpc) is 3.34. The fourth-order valence-corrected chi connectivity index (χ4v) is 4.13. The van der Waals surface area contributed by atoms with Crippen LogP contribution in [0.25, 0.3) is 11.3 Å². The molecule has 3 aromatic rings. The van der Waals surface area contributed by atoms with E-state index in [9.17, 15) is 28.1 Å². The van der Waals surface area contributed by atoms with E-state index >= 15 is 0 Å². The van der Waals surface area contributed by atoms with Crippen LogP contribution < -0.4 is 10.2 Å². The molecule has 8 nitrogen and oxygen atoms in total. The standard InChI is InChI=1S/C23H18ClF3N4O4S/c24-16-4-1-14(2-5-16)19-7-8-20(35-19)21(32)28-22(36)30-11-9-29(10-12-30)17-6-3-15(23(25,26)27)13-18(17)31(33)34/h1-8,13H,9-12H2,(H,28,32,36). The van der Waals surface area contributed by atoms with Crippen LogP contribution in [-0.2, 0) is 6.18 Å². The van der Waals surface area contributed by atoms with E-state index < -0.39 is 28.3 Å². The molecule has 0 radical (unpaired) electrons. The monoisotopic (exact) mass is 538 g/mol. The highest BCUT2D eigenvalue weighted by molar-refractivity contribution is 7.80. The molecule has 1 aliphatic rings. The molecule has 0 atom stereocenters. The Bertz CT molecular complexity index is 1310. The topological polar surface area (TPSA) is 91.9 Å². The van der Waals surface area contributed by atoms with Crippen LogP contribution in [0.4, 0.5) is 24.5 Å². The third-order valence-electron chi connectivity index (χ3n) is 5.59. The van der Waals surface area contributed by atoms with Crippen LogP contribution in [0, 0.1) is 10.1 Å². The number of halogens is 4. The molecule has 188 valence electrons. The Morgan fingerprint density at radius 1 is 1.06 bits per heavy atom. The van der Waals surface area contributed by atoms with Crippen molar-refractivity contribution >= 4 is 46.2 Å². The van der Waals surface area contributed by atoms with E-state index in [0.717, 1.165) is 17.7 Å². The largest absolute Gasteiger partial charge is 0.451 e. The number of rotatable bonds is 4. The first-order valence-corrected chi connectivity index (χ1v) is 11.4. The number of nitro groups is 1. The van der Waals surface area contributed by atoms with E-state index in [-0.39, 0.29) is 29.6 Å². The molecule has 0 saturated carbocycles. The minimum Gasteiger partial charge on any atom is -0.451 e. The van der Waals surface area contributed by atoms with Crippen molar-refractivity contribution in [3.63, 3.8) is 0 Å². The van der Waals surface area contributed by atoms with Crippen molar-refractivity contribution in [1.29, 1.82) is 0 Å². The van der Waals surface area contributed by atoms with E-state index in [2.05, 4.69) is 5.32 Å². The van der Waals surface area contributed by atoms with Crippen molar-refractivity contribution in [2.24, 2.45) is 0 Å². The molecule has 13 heteroatoms. The SMILES string of the molecule is O=C(NC(=S)N1CCN(c2ccc(C(F)(F)F)cc2[N+](=O)[O-])CC1)c1ccc(-c2ccc(Cl)cc2)o1.